The molecule has 12 heteroatoms. The third-order valence-electron chi connectivity index (χ3n) is 7.46. The number of hydrogen-bond acceptors (Lipinski definition) is 5. The molecule has 1 aliphatic rings. The number of esters is 1. The number of likely N-dealkylation sites (tertiary alicyclic amines) is 1. The second-order valence-corrected chi connectivity index (χ2v) is 10.3. The van der Waals surface area contributed by atoms with Crippen LogP contribution in [-0.2, 0) is 20.7 Å². The van der Waals surface area contributed by atoms with Crippen LogP contribution in [0.5, 0.6) is 0 Å². The van der Waals surface area contributed by atoms with Gasteiger partial charge in [-0.3, -0.25) is 15.1 Å². The van der Waals surface area contributed by atoms with Crippen LogP contribution in [0.2, 0.25) is 0 Å². The standard InChI is InChI=1S/C30H33F6N3O3/c1-4-5-8-19(2)25(37)23-12-7-10-21-20(9-6-11-22(21)23)17-24(26(40)42-3)38-27(41)28(30(34,35)36)13-15-39(16-14-28)18-29(31,32)33/h5-12,24,37H,2,4,13-18H2,1,3H3,(H,38,41)/b8-5-,37-25?/t24-/m0/s1. The van der Waals surface area contributed by atoms with E-state index in [0.29, 0.717) is 27.5 Å². The van der Waals surface area contributed by atoms with Crippen LogP contribution in [0.25, 0.3) is 10.8 Å². The number of rotatable bonds is 10. The van der Waals surface area contributed by atoms with Gasteiger partial charge in [0, 0.05) is 12.0 Å². The van der Waals surface area contributed by atoms with Gasteiger partial charge in [-0.2, -0.15) is 26.3 Å². The minimum Gasteiger partial charge on any atom is -0.467 e. The summed E-state index contributed by atoms with van der Waals surface area (Å²) in [5.41, 5.74) is -1.25. The number of piperidine rings is 1. The summed E-state index contributed by atoms with van der Waals surface area (Å²) in [5, 5.41) is 12.1. The van der Waals surface area contributed by atoms with Gasteiger partial charge in [0.1, 0.15) is 11.5 Å². The highest BCUT2D eigenvalue weighted by Crippen LogP contribution is 2.47. The number of amides is 1. The molecule has 1 atom stereocenters. The topological polar surface area (TPSA) is 82.5 Å². The van der Waals surface area contributed by atoms with Crippen molar-refractivity contribution in [2.24, 2.45) is 5.41 Å². The van der Waals surface area contributed by atoms with Crippen molar-refractivity contribution in [2.45, 2.75) is 51.0 Å². The smallest absolute Gasteiger partial charge is 0.403 e. The van der Waals surface area contributed by atoms with E-state index in [1.54, 1.807) is 42.5 Å². The summed E-state index contributed by atoms with van der Waals surface area (Å²) in [5.74, 6) is -2.46. The van der Waals surface area contributed by atoms with Crippen LogP contribution in [0.3, 0.4) is 0 Å². The van der Waals surface area contributed by atoms with Gasteiger partial charge in [0.25, 0.3) is 0 Å². The van der Waals surface area contributed by atoms with Crippen molar-refractivity contribution in [1.82, 2.24) is 10.2 Å². The molecule has 0 radical (unpaired) electrons. The van der Waals surface area contributed by atoms with Crippen molar-refractivity contribution in [3.05, 3.63) is 71.8 Å². The van der Waals surface area contributed by atoms with E-state index in [9.17, 15) is 35.9 Å². The molecular weight excluding hydrogens is 564 g/mol. The van der Waals surface area contributed by atoms with E-state index in [-0.39, 0.29) is 12.1 Å². The Morgan fingerprint density at radius 1 is 1.10 bits per heavy atom. The molecule has 1 fully saturated rings. The van der Waals surface area contributed by atoms with Crippen molar-refractivity contribution in [3.63, 3.8) is 0 Å². The Hall–Kier alpha value is -3.67. The first-order valence-electron chi connectivity index (χ1n) is 13.3. The zero-order chi connectivity index (χ0) is 31.3. The lowest BCUT2D eigenvalue weighted by atomic mass is 9.76. The van der Waals surface area contributed by atoms with Crippen molar-refractivity contribution in [2.75, 3.05) is 26.7 Å². The molecule has 6 nitrogen and oxygen atoms in total. The number of nitrogens with zero attached hydrogens (tertiary/aromatic N) is 1. The molecule has 42 heavy (non-hydrogen) atoms. The second-order valence-electron chi connectivity index (χ2n) is 10.3. The molecule has 0 spiro atoms. The number of benzene rings is 2. The van der Waals surface area contributed by atoms with Crippen LogP contribution in [0, 0.1) is 10.8 Å². The fourth-order valence-corrected chi connectivity index (χ4v) is 5.13. The van der Waals surface area contributed by atoms with Crippen molar-refractivity contribution < 1.29 is 40.7 Å². The molecule has 0 aliphatic carbocycles. The first-order valence-corrected chi connectivity index (χ1v) is 13.3. The molecule has 0 bridgehead atoms. The SMILES string of the molecule is C=C(/C=C\CC)C(=N)c1cccc2c(C[C@H](NC(=O)C3(C(F)(F)F)CCN(CC(F)(F)F)CC3)C(=O)OC)cccc12. The van der Waals surface area contributed by atoms with Gasteiger partial charge in [-0.1, -0.05) is 62.1 Å². The summed E-state index contributed by atoms with van der Waals surface area (Å²) in [6, 6.07) is 8.74. The summed E-state index contributed by atoms with van der Waals surface area (Å²) in [6.07, 6.45) is -7.29. The van der Waals surface area contributed by atoms with Gasteiger partial charge >= 0.3 is 18.3 Å². The van der Waals surface area contributed by atoms with Crippen molar-refractivity contribution in [3.8, 4) is 0 Å². The summed E-state index contributed by atoms with van der Waals surface area (Å²) in [7, 11) is 1.04. The minimum atomic E-state index is -5.06. The first kappa shape index (κ1) is 32.8. The van der Waals surface area contributed by atoms with E-state index in [0.717, 1.165) is 18.4 Å². The normalized spacial score (nSPS) is 16.8. The maximum Gasteiger partial charge on any atom is 0.403 e. The van der Waals surface area contributed by atoms with E-state index in [4.69, 9.17) is 10.1 Å². The van der Waals surface area contributed by atoms with E-state index in [1.165, 1.54) is 0 Å². The molecule has 228 valence electrons. The third-order valence-corrected chi connectivity index (χ3v) is 7.46. The number of allylic oxidation sites excluding steroid dienone is 3. The van der Waals surface area contributed by atoms with Crippen LogP contribution < -0.4 is 5.32 Å². The Morgan fingerprint density at radius 2 is 1.71 bits per heavy atom. The zero-order valence-electron chi connectivity index (χ0n) is 23.3. The maximum absolute atomic E-state index is 14.3. The van der Waals surface area contributed by atoms with Gasteiger partial charge in [0.2, 0.25) is 5.91 Å². The molecule has 2 N–H and O–H groups in total. The lowest BCUT2D eigenvalue weighted by Crippen LogP contribution is -2.59. The molecule has 2 aromatic rings. The average Bonchev–Trinajstić information content (AvgIpc) is 2.93. The Bertz CT molecular complexity index is 1360. The molecule has 3 rings (SSSR count). The molecule has 2 aromatic carbocycles. The fraction of sp³-hybridized carbons (Fsp3) is 0.433. The van der Waals surface area contributed by atoms with Crippen LogP contribution >= 0.6 is 0 Å². The number of nitrogens with one attached hydrogen (secondary N) is 2. The van der Waals surface area contributed by atoms with Gasteiger partial charge in [-0.05, 0) is 54.3 Å². The monoisotopic (exact) mass is 597 g/mol. The highest BCUT2D eigenvalue weighted by atomic mass is 19.4. The molecule has 1 aliphatic heterocycles. The number of methoxy groups -OCH3 is 1. The van der Waals surface area contributed by atoms with Crippen molar-refractivity contribution >= 4 is 28.4 Å². The van der Waals surface area contributed by atoms with Crippen LogP contribution in [0.15, 0.2) is 60.7 Å². The lowest BCUT2D eigenvalue weighted by Gasteiger charge is -2.42. The van der Waals surface area contributed by atoms with Gasteiger partial charge in [-0.15, -0.1) is 0 Å². The van der Waals surface area contributed by atoms with E-state index < -0.39 is 68.2 Å². The average molecular weight is 598 g/mol. The molecular formula is C30H33F6N3O3. The lowest BCUT2D eigenvalue weighted by molar-refractivity contribution is -0.236. The molecule has 1 heterocycles. The molecule has 0 aromatic heterocycles. The number of alkyl halides is 6. The number of fused-ring (bicyclic) bond motifs is 1. The first-order chi connectivity index (χ1) is 19.6. The van der Waals surface area contributed by atoms with Gasteiger partial charge in [0.05, 0.1) is 19.4 Å². The number of ether oxygens (including phenoxy) is 1. The number of hydrogen-bond donors (Lipinski definition) is 2. The number of carbonyl (C=O) groups is 2. The van der Waals surface area contributed by atoms with E-state index in [1.807, 2.05) is 13.0 Å². The van der Waals surface area contributed by atoms with Crippen molar-refractivity contribution in [1.29, 1.82) is 5.41 Å². The summed E-state index contributed by atoms with van der Waals surface area (Å²) in [6.45, 7) is 3.32. The summed E-state index contributed by atoms with van der Waals surface area (Å²) >= 11 is 0. The van der Waals surface area contributed by atoms with Crippen LogP contribution in [0.1, 0.15) is 37.3 Å². The van der Waals surface area contributed by atoms with Gasteiger partial charge < -0.3 is 10.1 Å². The van der Waals surface area contributed by atoms with Gasteiger partial charge in [0.15, 0.2) is 0 Å². The van der Waals surface area contributed by atoms with E-state index >= 15 is 0 Å². The van der Waals surface area contributed by atoms with E-state index in [2.05, 4.69) is 11.9 Å². The van der Waals surface area contributed by atoms with Crippen LogP contribution in [0.4, 0.5) is 26.3 Å². The quantitative estimate of drug-likeness (QED) is 0.149. The Kier molecular flexibility index (Phi) is 10.2. The Labute approximate surface area is 239 Å². The molecule has 0 unspecified atom stereocenters. The molecule has 1 amide bonds. The molecule has 1 saturated heterocycles. The van der Waals surface area contributed by atoms with Crippen LogP contribution in [-0.4, -0.2) is 67.6 Å². The highest BCUT2D eigenvalue weighted by Gasteiger charge is 2.61. The summed E-state index contributed by atoms with van der Waals surface area (Å²) in [4.78, 5) is 26.7. The van der Waals surface area contributed by atoms with Gasteiger partial charge in [-0.25, -0.2) is 4.79 Å². The highest BCUT2D eigenvalue weighted by molar-refractivity contribution is 6.18. The zero-order valence-corrected chi connectivity index (χ0v) is 23.3. The summed E-state index contributed by atoms with van der Waals surface area (Å²) < 4.78 is 86.0. The Morgan fingerprint density at radius 3 is 2.29 bits per heavy atom. The predicted octanol–water partition coefficient (Wildman–Crippen LogP) is 6.14. The fourth-order valence-electron chi connectivity index (χ4n) is 5.13. The molecule has 0 saturated carbocycles. The largest absolute Gasteiger partial charge is 0.467 e. The minimum absolute atomic E-state index is 0.171. The Balaban J connectivity index is 1.91. The third kappa shape index (κ3) is 7.39. The second kappa shape index (κ2) is 13.1. The number of halogens is 6. The maximum atomic E-state index is 14.3. The number of carbonyl (C=O) groups excluding carboxylic acids is 2. The predicted molar refractivity (Wildman–Crippen MR) is 147 cm³/mol.